The Balaban J connectivity index is 1.85. The van der Waals surface area contributed by atoms with E-state index in [9.17, 15) is 15.0 Å². The molecule has 0 radical (unpaired) electrons. The van der Waals surface area contributed by atoms with Gasteiger partial charge in [-0.25, -0.2) is 4.99 Å². The van der Waals surface area contributed by atoms with Crippen molar-refractivity contribution in [1.82, 2.24) is 4.90 Å². The van der Waals surface area contributed by atoms with Crippen LogP contribution in [0.3, 0.4) is 0 Å². The van der Waals surface area contributed by atoms with E-state index in [1.54, 1.807) is 0 Å². The summed E-state index contributed by atoms with van der Waals surface area (Å²) in [5.41, 5.74) is 0. The van der Waals surface area contributed by atoms with Gasteiger partial charge in [-0.05, 0) is 0 Å². The fourth-order valence-electron chi connectivity index (χ4n) is 2.24. The number of hydrogen-bond donors (Lipinski definition) is 3. The minimum Gasteiger partial charge on any atom is -0.394 e. The fourth-order valence-corrected chi connectivity index (χ4v) is 2.24. The van der Waals surface area contributed by atoms with Gasteiger partial charge in [0.25, 0.3) is 5.91 Å². The van der Waals surface area contributed by atoms with Crippen molar-refractivity contribution >= 4 is 24.4 Å². The molecular weight excluding hydrogens is 256 g/mol. The molecule has 1 unspecified atom stereocenters. The van der Waals surface area contributed by atoms with E-state index >= 15 is 0 Å². The summed E-state index contributed by atoms with van der Waals surface area (Å²) in [7, 11) is 0. The quantitative estimate of drug-likeness (QED) is 0.493. The average molecular weight is 268 g/mol. The van der Waals surface area contributed by atoms with Gasteiger partial charge < -0.3 is 20.1 Å². The lowest BCUT2D eigenvalue weighted by Crippen LogP contribution is -2.48. The first kappa shape index (κ1) is 12.4. The lowest BCUT2D eigenvalue weighted by molar-refractivity contribution is -0.117. The SMILES string of the molecule is O=C1N=CN=C2C1N=CN2[C@H]1O[C@@H](CO)[C@H](O)[C@@H]1O. The molecule has 0 bridgehead atoms. The summed E-state index contributed by atoms with van der Waals surface area (Å²) in [4.78, 5) is 24.3. The summed E-state index contributed by atoms with van der Waals surface area (Å²) < 4.78 is 5.35. The van der Waals surface area contributed by atoms with Crippen molar-refractivity contribution in [2.75, 3.05) is 6.61 Å². The minimum absolute atomic E-state index is 0.287. The first-order valence-electron chi connectivity index (χ1n) is 5.71. The van der Waals surface area contributed by atoms with Crippen LogP contribution in [0, 0.1) is 0 Å². The van der Waals surface area contributed by atoms with Gasteiger partial charge in [0.05, 0.1) is 12.9 Å². The highest BCUT2D eigenvalue weighted by Crippen LogP contribution is 2.26. The molecule has 0 aromatic heterocycles. The second-order valence-corrected chi connectivity index (χ2v) is 4.37. The molecule has 9 heteroatoms. The number of amidine groups is 1. The molecule has 9 nitrogen and oxygen atoms in total. The topological polar surface area (TPSA) is 127 Å². The van der Waals surface area contributed by atoms with Crippen LogP contribution >= 0.6 is 0 Å². The largest absolute Gasteiger partial charge is 0.394 e. The van der Waals surface area contributed by atoms with Crippen LogP contribution in [-0.4, -0.2) is 81.8 Å². The number of carbonyl (C=O) groups is 1. The van der Waals surface area contributed by atoms with E-state index in [1.807, 2.05) is 0 Å². The van der Waals surface area contributed by atoms with Crippen molar-refractivity contribution in [3.8, 4) is 0 Å². The molecule has 0 spiro atoms. The third-order valence-corrected chi connectivity index (χ3v) is 3.25. The Bertz CT molecular complexity index is 490. The van der Waals surface area contributed by atoms with Crippen LogP contribution < -0.4 is 0 Å². The molecule has 3 N–H and O–H groups in total. The van der Waals surface area contributed by atoms with Gasteiger partial charge in [-0.15, -0.1) is 0 Å². The number of aliphatic hydroxyl groups excluding tert-OH is 3. The third-order valence-electron chi connectivity index (χ3n) is 3.25. The Morgan fingerprint density at radius 1 is 1.37 bits per heavy atom. The lowest BCUT2D eigenvalue weighted by Gasteiger charge is -2.26. The van der Waals surface area contributed by atoms with Gasteiger partial charge in [-0.1, -0.05) is 0 Å². The molecule has 0 aromatic rings. The molecule has 102 valence electrons. The van der Waals surface area contributed by atoms with Crippen molar-refractivity contribution < 1.29 is 24.9 Å². The van der Waals surface area contributed by atoms with Crippen LogP contribution in [-0.2, 0) is 9.53 Å². The van der Waals surface area contributed by atoms with Crippen molar-refractivity contribution in [2.24, 2.45) is 15.0 Å². The standard InChI is InChI=1S/C10H12N4O5/c15-1-4-6(16)7(17)10(19-4)14-3-13-5-8(14)11-2-12-9(5)18/h2-7,10,15-17H,1H2/t4-,5?,6-,7-,10-/m0/s1. The zero-order chi connectivity index (χ0) is 13.6. The van der Waals surface area contributed by atoms with E-state index in [4.69, 9.17) is 9.84 Å². The van der Waals surface area contributed by atoms with Crippen molar-refractivity contribution in [2.45, 2.75) is 30.6 Å². The summed E-state index contributed by atoms with van der Waals surface area (Å²) in [6.45, 7) is -0.421. The van der Waals surface area contributed by atoms with Gasteiger partial charge in [-0.2, -0.15) is 4.99 Å². The monoisotopic (exact) mass is 268 g/mol. The van der Waals surface area contributed by atoms with Crippen LogP contribution in [0.1, 0.15) is 0 Å². The van der Waals surface area contributed by atoms with Crippen LogP contribution in [0.5, 0.6) is 0 Å². The lowest BCUT2D eigenvalue weighted by atomic mass is 10.1. The Morgan fingerprint density at radius 2 is 2.16 bits per heavy atom. The van der Waals surface area contributed by atoms with Crippen LogP contribution in [0.15, 0.2) is 15.0 Å². The number of aliphatic hydroxyl groups is 3. The fraction of sp³-hybridized carbons (Fsp3) is 0.600. The second-order valence-electron chi connectivity index (χ2n) is 4.37. The number of hydrogen-bond acceptors (Lipinski definition) is 8. The van der Waals surface area contributed by atoms with E-state index in [0.29, 0.717) is 0 Å². The summed E-state index contributed by atoms with van der Waals surface area (Å²) in [6.07, 6.45) is -1.86. The minimum atomic E-state index is -1.24. The molecule has 0 aliphatic carbocycles. The first-order chi connectivity index (χ1) is 9.13. The molecule has 1 amide bonds. The van der Waals surface area contributed by atoms with Gasteiger partial charge in [0.1, 0.15) is 30.5 Å². The van der Waals surface area contributed by atoms with Crippen molar-refractivity contribution in [1.29, 1.82) is 0 Å². The maximum atomic E-state index is 11.5. The van der Waals surface area contributed by atoms with Crippen molar-refractivity contribution in [3.05, 3.63) is 0 Å². The average Bonchev–Trinajstić information content (AvgIpc) is 2.94. The van der Waals surface area contributed by atoms with Crippen LogP contribution in [0.2, 0.25) is 0 Å². The number of aliphatic imine (C=N–C) groups is 3. The van der Waals surface area contributed by atoms with E-state index < -0.39 is 43.1 Å². The molecule has 0 aromatic carbocycles. The normalized spacial score (nSPS) is 40.8. The number of amides is 1. The van der Waals surface area contributed by atoms with E-state index in [-0.39, 0.29) is 5.84 Å². The number of nitrogens with zero attached hydrogens (tertiary/aromatic N) is 4. The van der Waals surface area contributed by atoms with Gasteiger partial charge in [0.2, 0.25) is 0 Å². The Morgan fingerprint density at radius 3 is 2.84 bits per heavy atom. The molecule has 0 saturated carbocycles. The molecule has 5 atom stereocenters. The molecule has 1 saturated heterocycles. The number of carbonyl (C=O) groups excluding carboxylic acids is 1. The molecule has 3 aliphatic heterocycles. The van der Waals surface area contributed by atoms with Crippen molar-refractivity contribution in [3.63, 3.8) is 0 Å². The van der Waals surface area contributed by atoms with E-state index in [0.717, 1.165) is 6.34 Å². The summed E-state index contributed by atoms with van der Waals surface area (Å²) in [6, 6.07) is -0.828. The highest BCUT2D eigenvalue weighted by atomic mass is 16.6. The van der Waals surface area contributed by atoms with E-state index in [1.165, 1.54) is 11.2 Å². The number of ether oxygens (including phenoxy) is 1. The molecule has 3 aliphatic rings. The number of fused-ring (bicyclic) bond motifs is 1. The molecule has 3 rings (SSSR count). The zero-order valence-corrected chi connectivity index (χ0v) is 9.70. The van der Waals surface area contributed by atoms with Gasteiger partial charge in [-0.3, -0.25) is 14.7 Å². The zero-order valence-electron chi connectivity index (χ0n) is 9.70. The molecular formula is C10H12N4O5. The highest BCUT2D eigenvalue weighted by Gasteiger charge is 2.48. The van der Waals surface area contributed by atoms with Crippen LogP contribution in [0.25, 0.3) is 0 Å². The van der Waals surface area contributed by atoms with Crippen LogP contribution in [0.4, 0.5) is 0 Å². The Hall–Kier alpha value is -1.68. The smallest absolute Gasteiger partial charge is 0.279 e. The van der Waals surface area contributed by atoms with E-state index in [2.05, 4.69) is 15.0 Å². The summed E-state index contributed by atoms with van der Waals surface area (Å²) in [5, 5.41) is 28.6. The predicted molar refractivity (Wildman–Crippen MR) is 62.8 cm³/mol. The maximum absolute atomic E-state index is 11.5. The van der Waals surface area contributed by atoms with Gasteiger partial charge in [0, 0.05) is 0 Å². The third kappa shape index (κ3) is 1.78. The summed E-state index contributed by atoms with van der Waals surface area (Å²) in [5.74, 6) is -0.162. The van der Waals surface area contributed by atoms with Gasteiger partial charge >= 0.3 is 0 Å². The highest BCUT2D eigenvalue weighted by molar-refractivity contribution is 6.19. The Kier molecular flexibility index (Phi) is 2.90. The molecule has 19 heavy (non-hydrogen) atoms. The Labute approximate surface area is 107 Å². The first-order valence-corrected chi connectivity index (χ1v) is 5.71. The predicted octanol–water partition coefficient (Wildman–Crippen LogP) is -2.90. The maximum Gasteiger partial charge on any atom is 0.279 e. The molecule has 3 heterocycles. The second kappa shape index (κ2) is 4.46. The summed E-state index contributed by atoms with van der Waals surface area (Å²) >= 11 is 0. The molecule has 1 fully saturated rings. The van der Waals surface area contributed by atoms with Gasteiger partial charge in [0.15, 0.2) is 12.3 Å². The number of rotatable bonds is 2.